The minimum atomic E-state index is -1.16. The van der Waals surface area contributed by atoms with Crippen molar-refractivity contribution in [3.05, 3.63) is 27.1 Å². The molecule has 0 bridgehead atoms. The summed E-state index contributed by atoms with van der Waals surface area (Å²) in [6.45, 7) is 0.0481. The fourth-order valence-corrected chi connectivity index (χ4v) is 1.98. The van der Waals surface area contributed by atoms with Crippen LogP contribution in [-0.2, 0) is 4.79 Å². The highest BCUT2D eigenvalue weighted by Gasteiger charge is 1.99. The second kappa shape index (κ2) is 5.79. The zero-order valence-corrected chi connectivity index (χ0v) is 10.6. The lowest BCUT2D eigenvalue weighted by Crippen LogP contribution is -1.96. The van der Waals surface area contributed by atoms with Gasteiger partial charge in [-0.2, -0.15) is 0 Å². The minimum absolute atomic E-state index is 0.0481. The average molecular weight is 334 g/mol. The van der Waals surface area contributed by atoms with Crippen molar-refractivity contribution >= 4 is 37.8 Å². The predicted octanol–water partition coefficient (Wildman–Crippen LogP) is 2.68. The van der Waals surface area contributed by atoms with Gasteiger partial charge in [-0.25, -0.2) is 4.79 Å². The molecule has 1 rings (SSSR count). The van der Waals surface area contributed by atoms with E-state index in [1.807, 2.05) is 18.1 Å². The molecule has 78 valence electrons. The summed E-state index contributed by atoms with van der Waals surface area (Å²) in [6, 6.07) is 5.42. The summed E-state index contributed by atoms with van der Waals surface area (Å²) in [5.41, 5.74) is 0. The van der Waals surface area contributed by atoms with Crippen LogP contribution in [0.1, 0.15) is 0 Å². The van der Waals surface area contributed by atoms with Crippen molar-refractivity contribution in [3.63, 3.8) is 0 Å². The molecule has 0 amide bonds. The van der Waals surface area contributed by atoms with Gasteiger partial charge in [-0.05, 0) is 40.0 Å². The summed E-state index contributed by atoms with van der Waals surface area (Å²) in [5, 5.41) is 8.26. The molecule has 0 aliphatic carbocycles. The van der Waals surface area contributed by atoms with E-state index < -0.39 is 5.97 Å². The third kappa shape index (κ3) is 4.36. The van der Waals surface area contributed by atoms with Crippen LogP contribution in [-0.4, -0.2) is 17.7 Å². The van der Waals surface area contributed by atoms with Crippen molar-refractivity contribution in [2.24, 2.45) is 0 Å². The van der Waals surface area contributed by atoms with Gasteiger partial charge in [-0.1, -0.05) is 15.9 Å². The average Bonchev–Trinajstić information content (AvgIpc) is 2.14. The summed E-state index contributed by atoms with van der Waals surface area (Å²) in [7, 11) is 0. The Balaban J connectivity index is 2.59. The van der Waals surface area contributed by atoms with Gasteiger partial charge >= 0.3 is 5.97 Å². The summed E-state index contributed by atoms with van der Waals surface area (Å²) < 4.78 is 6.95. The highest BCUT2D eigenvalue weighted by Crippen LogP contribution is 2.27. The molecule has 0 saturated heterocycles. The highest BCUT2D eigenvalue weighted by molar-refractivity contribution is 9.11. The third-order valence-corrected chi connectivity index (χ3v) is 2.50. The lowest BCUT2D eigenvalue weighted by atomic mass is 10.3. The van der Waals surface area contributed by atoms with Gasteiger partial charge in [-0.3, -0.25) is 0 Å². The van der Waals surface area contributed by atoms with E-state index in [0.29, 0.717) is 5.75 Å². The van der Waals surface area contributed by atoms with E-state index in [1.165, 1.54) is 0 Å². The number of hydrogen-bond acceptors (Lipinski definition) is 2. The number of halogens is 2. The summed E-state index contributed by atoms with van der Waals surface area (Å²) in [5.74, 6) is 3.80. The number of hydrogen-bond donors (Lipinski definition) is 1. The highest BCUT2D eigenvalue weighted by atomic mass is 79.9. The molecular weight excluding hydrogens is 328 g/mol. The van der Waals surface area contributed by atoms with Crippen LogP contribution in [0.2, 0.25) is 0 Å². The number of carboxylic acids is 1. The van der Waals surface area contributed by atoms with E-state index in [-0.39, 0.29) is 6.61 Å². The quantitative estimate of drug-likeness (QED) is 0.846. The number of benzene rings is 1. The van der Waals surface area contributed by atoms with Crippen LogP contribution in [0.25, 0.3) is 0 Å². The van der Waals surface area contributed by atoms with Gasteiger partial charge in [0.1, 0.15) is 12.4 Å². The number of aliphatic carboxylic acids is 1. The molecule has 1 aromatic carbocycles. The van der Waals surface area contributed by atoms with Gasteiger partial charge in [0.25, 0.3) is 0 Å². The summed E-state index contributed by atoms with van der Waals surface area (Å²) in [4.78, 5) is 10.1. The smallest absolute Gasteiger partial charge is 0.382 e. The van der Waals surface area contributed by atoms with Crippen LogP contribution < -0.4 is 4.74 Å². The fourth-order valence-electron chi connectivity index (χ4n) is 0.818. The molecule has 3 nitrogen and oxygen atoms in total. The molecule has 0 radical (unpaired) electrons. The molecule has 0 heterocycles. The molecule has 5 heteroatoms. The fraction of sp³-hybridized carbons (Fsp3) is 0.100. The maximum atomic E-state index is 10.1. The first-order chi connectivity index (χ1) is 7.09. The Kier molecular flexibility index (Phi) is 4.66. The topological polar surface area (TPSA) is 46.5 Å². The first-order valence-electron chi connectivity index (χ1n) is 3.89. The molecule has 1 N–H and O–H groups in total. The molecule has 0 spiro atoms. The van der Waals surface area contributed by atoms with Gasteiger partial charge < -0.3 is 9.84 Å². The standard InChI is InChI=1S/C10H6Br2O3/c11-7-3-4-9(8(12)6-7)15-5-1-2-10(13)14/h3-4,6H,5H2,(H,13,14). The van der Waals surface area contributed by atoms with Crippen LogP contribution in [0, 0.1) is 11.8 Å². The Labute approximate surface area is 104 Å². The Hall–Kier alpha value is -0.990. The van der Waals surface area contributed by atoms with Crippen molar-refractivity contribution in [1.82, 2.24) is 0 Å². The zero-order valence-electron chi connectivity index (χ0n) is 7.46. The number of ether oxygens (including phenoxy) is 1. The largest absolute Gasteiger partial charge is 0.480 e. The second-order valence-corrected chi connectivity index (χ2v) is 4.24. The molecule has 0 unspecified atom stereocenters. The van der Waals surface area contributed by atoms with Gasteiger partial charge in [0.2, 0.25) is 0 Å². The Morgan fingerprint density at radius 2 is 2.20 bits per heavy atom. The molecule has 0 atom stereocenters. The van der Waals surface area contributed by atoms with E-state index in [2.05, 4.69) is 37.8 Å². The molecule has 0 aliphatic rings. The Morgan fingerprint density at radius 3 is 2.80 bits per heavy atom. The van der Waals surface area contributed by atoms with Gasteiger partial charge in [0.05, 0.1) is 4.47 Å². The van der Waals surface area contributed by atoms with Gasteiger partial charge in [-0.15, -0.1) is 0 Å². The first-order valence-corrected chi connectivity index (χ1v) is 5.48. The normalized spacial score (nSPS) is 8.93. The molecule has 0 aliphatic heterocycles. The Bertz CT molecular complexity index is 432. The number of carbonyl (C=O) groups is 1. The molecule has 1 aromatic rings. The lowest BCUT2D eigenvalue weighted by Gasteiger charge is -2.04. The van der Waals surface area contributed by atoms with Crippen molar-refractivity contribution < 1.29 is 14.6 Å². The van der Waals surface area contributed by atoms with E-state index in [4.69, 9.17) is 9.84 Å². The maximum absolute atomic E-state index is 10.1. The van der Waals surface area contributed by atoms with E-state index in [1.54, 1.807) is 6.07 Å². The van der Waals surface area contributed by atoms with Crippen molar-refractivity contribution in [3.8, 4) is 17.6 Å². The predicted molar refractivity (Wildman–Crippen MR) is 62.7 cm³/mol. The summed E-state index contributed by atoms with van der Waals surface area (Å²) >= 11 is 6.61. The molecule has 0 fully saturated rings. The van der Waals surface area contributed by atoms with Crippen LogP contribution in [0.4, 0.5) is 0 Å². The van der Waals surface area contributed by atoms with Crippen LogP contribution in [0.3, 0.4) is 0 Å². The number of carboxylic acid groups (broad SMARTS) is 1. The van der Waals surface area contributed by atoms with E-state index in [9.17, 15) is 4.79 Å². The molecule has 0 saturated carbocycles. The third-order valence-electron chi connectivity index (χ3n) is 1.39. The Morgan fingerprint density at radius 1 is 1.47 bits per heavy atom. The van der Waals surface area contributed by atoms with Crippen molar-refractivity contribution in [2.45, 2.75) is 0 Å². The zero-order chi connectivity index (χ0) is 11.3. The van der Waals surface area contributed by atoms with Crippen LogP contribution in [0.15, 0.2) is 27.1 Å². The minimum Gasteiger partial charge on any atom is -0.480 e. The molecular formula is C10H6Br2O3. The summed E-state index contributed by atoms with van der Waals surface area (Å²) in [6.07, 6.45) is 0. The first kappa shape index (κ1) is 12.1. The van der Waals surface area contributed by atoms with Gasteiger partial charge in [0, 0.05) is 10.4 Å². The van der Waals surface area contributed by atoms with Crippen LogP contribution in [0.5, 0.6) is 5.75 Å². The molecule has 15 heavy (non-hydrogen) atoms. The second-order valence-electron chi connectivity index (χ2n) is 2.47. The molecule has 0 aromatic heterocycles. The maximum Gasteiger partial charge on any atom is 0.382 e. The van der Waals surface area contributed by atoms with Crippen LogP contribution >= 0.6 is 31.9 Å². The number of rotatable bonds is 2. The van der Waals surface area contributed by atoms with Crippen molar-refractivity contribution in [2.75, 3.05) is 6.61 Å². The lowest BCUT2D eigenvalue weighted by molar-refractivity contribution is -0.130. The van der Waals surface area contributed by atoms with Crippen molar-refractivity contribution in [1.29, 1.82) is 0 Å². The monoisotopic (exact) mass is 332 g/mol. The SMILES string of the molecule is O=C(O)C#CCOc1ccc(Br)cc1Br. The van der Waals surface area contributed by atoms with E-state index >= 15 is 0 Å². The van der Waals surface area contributed by atoms with E-state index in [0.717, 1.165) is 8.95 Å². The van der Waals surface area contributed by atoms with Gasteiger partial charge in [0.15, 0.2) is 0 Å².